The van der Waals surface area contributed by atoms with Crippen LogP contribution in [0.2, 0.25) is 0 Å². The monoisotopic (exact) mass is 971 g/mol. The van der Waals surface area contributed by atoms with E-state index in [0.29, 0.717) is 0 Å². The number of hydrogen-bond donors (Lipinski definition) is 0. The lowest BCUT2D eigenvalue weighted by Crippen LogP contribution is -2.16. The van der Waals surface area contributed by atoms with Gasteiger partial charge in [-0.2, -0.15) is 0 Å². The third kappa shape index (κ3) is 7.67. The van der Waals surface area contributed by atoms with E-state index in [1.165, 1.54) is 82.6 Å². The predicted octanol–water partition coefficient (Wildman–Crippen LogP) is 20.2. The van der Waals surface area contributed by atoms with Gasteiger partial charge in [-0.3, -0.25) is 0 Å². The van der Waals surface area contributed by atoms with Crippen molar-refractivity contribution in [3.05, 3.63) is 296 Å². The van der Waals surface area contributed by atoms with Gasteiger partial charge >= 0.3 is 0 Å². The first-order valence-electron chi connectivity index (χ1n) is 26.3. The van der Waals surface area contributed by atoms with Gasteiger partial charge in [-0.15, -0.1) is 0 Å². The van der Waals surface area contributed by atoms with E-state index < -0.39 is 0 Å². The molecule has 0 amide bonds. The molecule has 1 aliphatic rings. The van der Waals surface area contributed by atoms with E-state index in [2.05, 4.69) is 313 Å². The molecule has 12 aromatic carbocycles. The zero-order valence-corrected chi connectivity index (χ0v) is 42.5. The fourth-order valence-corrected chi connectivity index (χ4v) is 12.0. The molecule has 0 aliphatic heterocycles. The van der Waals surface area contributed by atoms with Crippen molar-refractivity contribution < 1.29 is 0 Å². The third-order valence-electron chi connectivity index (χ3n) is 15.8. The van der Waals surface area contributed by atoms with E-state index in [9.17, 15) is 0 Å². The summed E-state index contributed by atoms with van der Waals surface area (Å²) in [5.74, 6) is 0. The van der Waals surface area contributed by atoms with Crippen molar-refractivity contribution >= 4 is 66.7 Å². The van der Waals surface area contributed by atoms with Gasteiger partial charge in [-0.05, 0) is 176 Å². The van der Waals surface area contributed by atoms with Gasteiger partial charge in [0, 0.05) is 56.0 Å². The zero-order chi connectivity index (χ0) is 50.7. The average molecular weight is 972 g/mol. The maximum absolute atomic E-state index is 2.42. The van der Waals surface area contributed by atoms with Crippen molar-refractivity contribution in [2.45, 2.75) is 19.3 Å². The molecule has 0 saturated heterocycles. The Kier molecular flexibility index (Phi) is 10.9. The molecule has 13 aromatic rings. The molecule has 0 spiro atoms. The Bertz CT molecular complexity index is 4230. The van der Waals surface area contributed by atoms with Crippen LogP contribution in [0.3, 0.4) is 0 Å². The van der Waals surface area contributed by atoms with E-state index in [0.717, 1.165) is 45.4 Å². The summed E-state index contributed by atoms with van der Waals surface area (Å²) < 4.78 is 2.41. The minimum absolute atomic E-state index is 0.133. The van der Waals surface area contributed by atoms with Crippen molar-refractivity contribution in [1.29, 1.82) is 0 Å². The Balaban J connectivity index is 0.815. The Labute approximate surface area is 444 Å². The summed E-state index contributed by atoms with van der Waals surface area (Å²) >= 11 is 0. The van der Waals surface area contributed by atoms with Crippen molar-refractivity contribution in [3.63, 3.8) is 0 Å². The van der Waals surface area contributed by atoms with Gasteiger partial charge < -0.3 is 14.4 Å². The maximum atomic E-state index is 2.42. The van der Waals surface area contributed by atoms with E-state index in [1.807, 2.05) is 0 Å². The number of rotatable bonds is 10. The molecule has 0 saturated carbocycles. The van der Waals surface area contributed by atoms with Crippen LogP contribution in [0.4, 0.5) is 34.1 Å². The van der Waals surface area contributed by atoms with Crippen molar-refractivity contribution in [3.8, 4) is 50.2 Å². The summed E-state index contributed by atoms with van der Waals surface area (Å²) in [6, 6.07) is 104. The molecule has 14 rings (SSSR count). The highest BCUT2D eigenvalue weighted by molar-refractivity contribution is 6.22. The minimum Gasteiger partial charge on any atom is -0.311 e. The fraction of sp³-hybridized carbons (Fsp3) is 0.0411. The summed E-state index contributed by atoms with van der Waals surface area (Å²) in [5.41, 5.74) is 22.5. The van der Waals surface area contributed by atoms with Gasteiger partial charge in [0.2, 0.25) is 0 Å². The van der Waals surface area contributed by atoms with Gasteiger partial charge in [-0.25, -0.2) is 0 Å². The quantitative estimate of drug-likeness (QED) is 0.135. The predicted molar refractivity (Wildman–Crippen MR) is 322 cm³/mol. The summed E-state index contributed by atoms with van der Waals surface area (Å²) in [6.45, 7) is 4.72. The number of aromatic nitrogens is 1. The van der Waals surface area contributed by atoms with Crippen LogP contribution in [0.15, 0.2) is 285 Å². The lowest BCUT2D eigenvalue weighted by atomic mass is 9.82. The topological polar surface area (TPSA) is 11.4 Å². The molecular weight excluding hydrogens is 919 g/mol. The first-order valence-corrected chi connectivity index (χ1v) is 26.3. The number of fused-ring (bicyclic) bond motifs is 8. The Morgan fingerprint density at radius 3 is 1.39 bits per heavy atom. The zero-order valence-electron chi connectivity index (χ0n) is 42.5. The first kappa shape index (κ1) is 45.0. The van der Waals surface area contributed by atoms with Crippen LogP contribution in [0.25, 0.3) is 82.8 Å². The highest BCUT2D eigenvalue weighted by Crippen LogP contribution is 2.51. The van der Waals surface area contributed by atoms with Crippen LogP contribution < -0.4 is 9.80 Å². The van der Waals surface area contributed by atoms with E-state index in [4.69, 9.17) is 0 Å². The van der Waals surface area contributed by atoms with Crippen molar-refractivity contribution in [1.82, 2.24) is 4.57 Å². The summed E-state index contributed by atoms with van der Waals surface area (Å²) in [4.78, 5) is 4.71. The van der Waals surface area contributed by atoms with Crippen LogP contribution in [0.5, 0.6) is 0 Å². The van der Waals surface area contributed by atoms with Crippen LogP contribution in [-0.2, 0) is 5.41 Å². The molecule has 1 aromatic heterocycles. The van der Waals surface area contributed by atoms with E-state index in [1.54, 1.807) is 0 Å². The summed E-state index contributed by atoms with van der Waals surface area (Å²) in [5, 5.41) is 5.05. The van der Waals surface area contributed by atoms with Crippen LogP contribution in [0, 0.1) is 0 Å². The van der Waals surface area contributed by atoms with Crippen LogP contribution in [0.1, 0.15) is 25.0 Å². The number of para-hydroxylation sites is 3. The van der Waals surface area contributed by atoms with Gasteiger partial charge in [0.15, 0.2) is 0 Å². The summed E-state index contributed by atoms with van der Waals surface area (Å²) in [7, 11) is 0. The molecule has 3 nitrogen and oxygen atoms in total. The smallest absolute Gasteiger partial charge is 0.0547 e. The number of nitrogens with zero attached hydrogens (tertiary/aromatic N) is 3. The molecule has 1 heterocycles. The molecule has 3 heteroatoms. The molecular formula is C73H53N3. The average Bonchev–Trinajstić information content (AvgIpc) is 4.06. The summed E-state index contributed by atoms with van der Waals surface area (Å²) in [6.07, 6.45) is 0. The molecule has 76 heavy (non-hydrogen) atoms. The standard InChI is InChI=1S/C73H53N3/c1-73(2)68-28-15-14-27-65(68)66-44-43-63(49-69(66)73)75(61-39-31-51(32-40-61)50-29-37-60(38-30-50)74(57-20-6-3-7-21-57)58-22-8-4-9-23-58)62-41-33-52(34-42-62)54-18-16-19-55(47-54)56-36-45-70-67(48-56)72-64-26-13-12-17-53(64)35-46-71(72)76(70)59-24-10-5-11-25-59/h3-49H,1-2H3. The Hall–Kier alpha value is -9.70. The third-order valence-corrected chi connectivity index (χ3v) is 15.8. The minimum atomic E-state index is -0.133. The largest absolute Gasteiger partial charge is 0.311 e. The SMILES string of the molecule is CC1(C)c2ccccc2-c2ccc(N(c3ccc(-c4ccc(N(c5ccccc5)c5ccccc5)cc4)cc3)c3ccc(-c4cccc(-c5ccc6c(c5)c5c7ccccc7ccc5n6-c5ccccc5)c4)cc3)cc21. The maximum Gasteiger partial charge on any atom is 0.0547 e. The van der Waals surface area contributed by atoms with Gasteiger partial charge in [0.1, 0.15) is 0 Å². The lowest BCUT2D eigenvalue weighted by molar-refractivity contribution is 0.660. The van der Waals surface area contributed by atoms with Crippen molar-refractivity contribution in [2.75, 3.05) is 9.80 Å². The highest BCUT2D eigenvalue weighted by atomic mass is 15.1. The molecule has 0 fully saturated rings. The first-order chi connectivity index (χ1) is 37.4. The van der Waals surface area contributed by atoms with Crippen LogP contribution in [-0.4, -0.2) is 4.57 Å². The molecule has 0 N–H and O–H groups in total. The van der Waals surface area contributed by atoms with E-state index in [-0.39, 0.29) is 5.41 Å². The highest BCUT2D eigenvalue weighted by Gasteiger charge is 2.36. The molecule has 0 radical (unpaired) electrons. The molecule has 0 atom stereocenters. The normalized spacial score (nSPS) is 12.4. The van der Waals surface area contributed by atoms with Gasteiger partial charge in [-0.1, -0.05) is 190 Å². The van der Waals surface area contributed by atoms with Gasteiger partial charge in [0.25, 0.3) is 0 Å². The molecule has 360 valence electrons. The van der Waals surface area contributed by atoms with Crippen molar-refractivity contribution in [2.24, 2.45) is 0 Å². The van der Waals surface area contributed by atoms with E-state index >= 15 is 0 Å². The second-order valence-electron chi connectivity index (χ2n) is 20.5. The lowest BCUT2D eigenvalue weighted by Gasteiger charge is -2.28. The Morgan fingerprint density at radius 1 is 0.289 bits per heavy atom. The fourth-order valence-electron chi connectivity index (χ4n) is 12.0. The Morgan fingerprint density at radius 2 is 0.750 bits per heavy atom. The molecule has 0 unspecified atom stereocenters. The van der Waals surface area contributed by atoms with Crippen LogP contribution >= 0.6 is 0 Å². The van der Waals surface area contributed by atoms with Gasteiger partial charge in [0.05, 0.1) is 11.0 Å². The second kappa shape index (κ2) is 18.3. The number of benzene rings is 12. The molecule has 0 bridgehead atoms. The number of anilines is 6. The second-order valence-corrected chi connectivity index (χ2v) is 20.5. The molecule has 1 aliphatic carbocycles. The number of hydrogen-bond acceptors (Lipinski definition) is 2.